The van der Waals surface area contributed by atoms with Crippen molar-refractivity contribution in [2.75, 3.05) is 0 Å². The number of rotatable bonds is 6. The monoisotopic (exact) mass is 311 g/mol. The van der Waals surface area contributed by atoms with Gasteiger partial charge in [-0.05, 0) is 24.1 Å². The summed E-state index contributed by atoms with van der Waals surface area (Å²) in [5.74, 6) is -1.25. The lowest BCUT2D eigenvalue weighted by molar-refractivity contribution is -0.138. The number of nitrogens with one attached hydrogen (secondary N) is 2. The number of aromatic amines is 1. The number of phenolic OH excluding ortho intramolecular Hbond substituents is 1. The van der Waals surface area contributed by atoms with Crippen molar-refractivity contribution in [2.24, 2.45) is 0 Å². The Kier molecular flexibility index (Phi) is 4.24. The van der Waals surface area contributed by atoms with Crippen LogP contribution in [0.1, 0.15) is 5.56 Å². The summed E-state index contributed by atoms with van der Waals surface area (Å²) in [5.41, 5.74) is 0.576. The third-order valence-electron chi connectivity index (χ3n) is 2.73. The molecule has 0 aliphatic rings. The number of aromatic nitrogens is 2. The van der Waals surface area contributed by atoms with Gasteiger partial charge in [0.2, 0.25) is 0 Å². The normalized spacial score (nSPS) is 13.0. The maximum atomic E-state index is 12.0. The number of carboxylic acids is 1. The molecule has 0 saturated heterocycles. The Morgan fingerprint density at radius 1 is 1.33 bits per heavy atom. The zero-order valence-corrected chi connectivity index (χ0v) is 11.5. The topological polar surface area (TPSA) is 132 Å². The number of imidazole rings is 1. The number of sulfonamides is 1. The number of H-pyrrole nitrogens is 1. The van der Waals surface area contributed by atoms with Crippen molar-refractivity contribution in [3.63, 3.8) is 0 Å². The second-order valence-electron chi connectivity index (χ2n) is 4.30. The first-order chi connectivity index (χ1) is 9.88. The number of hydrogen-bond acceptors (Lipinski definition) is 5. The number of nitrogens with zero attached hydrogens (tertiary/aromatic N) is 1. The van der Waals surface area contributed by atoms with Gasteiger partial charge in [-0.3, -0.25) is 4.79 Å². The number of carbonyl (C=O) groups is 1. The van der Waals surface area contributed by atoms with Gasteiger partial charge in [-0.1, -0.05) is 12.1 Å². The van der Waals surface area contributed by atoms with Gasteiger partial charge in [0.15, 0.2) is 5.03 Å². The lowest BCUT2D eigenvalue weighted by atomic mass is 10.1. The van der Waals surface area contributed by atoms with E-state index < -0.39 is 22.0 Å². The molecular formula is C12H13N3O5S. The third kappa shape index (κ3) is 3.80. The minimum atomic E-state index is -3.99. The minimum Gasteiger partial charge on any atom is -0.508 e. The van der Waals surface area contributed by atoms with E-state index in [0.717, 1.165) is 6.20 Å². The first kappa shape index (κ1) is 15.0. The first-order valence-electron chi connectivity index (χ1n) is 5.90. The summed E-state index contributed by atoms with van der Waals surface area (Å²) in [7, 11) is -3.99. The molecular weight excluding hydrogens is 298 g/mol. The van der Waals surface area contributed by atoms with Crippen molar-refractivity contribution < 1.29 is 23.4 Å². The Bertz CT molecular complexity index is 710. The molecule has 0 aliphatic carbocycles. The Morgan fingerprint density at radius 2 is 2.00 bits per heavy atom. The lowest BCUT2D eigenvalue weighted by Gasteiger charge is -2.14. The molecule has 8 nitrogen and oxygen atoms in total. The average Bonchev–Trinajstić information content (AvgIpc) is 2.95. The van der Waals surface area contributed by atoms with Crippen molar-refractivity contribution >= 4 is 16.0 Å². The van der Waals surface area contributed by atoms with Crippen LogP contribution in [-0.4, -0.2) is 40.6 Å². The molecule has 1 aromatic carbocycles. The van der Waals surface area contributed by atoms with Crippen LogP contribution in [0.3, 0.4) is 0 Å². The Morgan fingerprint density at radius 3 is 2.52 bits per heavy atom. The zero-order chi connectivity index (χ0) is 15.5. The standard InChI is InChI=1S/C12H13N3O5S/c16-9-3-1-8(2-4-9)5-10(12(17)18)15-21(19,20)11-6-13-7-14-11/h1-4,6-7,10,15-16H,5H2,(H,13,14)(H,17,18). The number of benzene rings is 1. The minimum absolute atomic E-state index is 0.0451. The van der Waals surface area contributed by atoms with Gasteiger partial charge in [0, 0.05) is 0 Å². The molecule has 0 aliphatic heterocycles. The van der Waals surface area contributed by atoms with E-state index in [0.29, 0.717) is 5.56 Å². The molecule has 0 amide bonds. The maximum absolute atomic E-state index is 12.0. The summed E-state index contributed by atoms with van der Waals surface area (Å²) < 4.78 is 26.0. The molecule has 1 aromatic heterocycles. The smallest absolute Gasteiger partial charge is 0.322 e. The molecule has 9 heteroatoms. The molecule has 0 bridgehead atoms. The SMILES string of the molecule is O=C(O)C(Cc1ccc(O)cc1)NS(=O)(=O)c1cnc[nH]1. The van der Waals surface area contributed by atoms with Gasteiger partial charge >= 0.3 is 5.97 Å². The molecule has 2 rings (SSSR count). The molecule has 112 valence electrons. The first-order valence-corrected chi connectivity index (χ1v) is 7.38. The van der Waals surface area contributed by atoms with Crippen LogP contribution in [-0.2, 0) is 21.2 Å². The fourth-order valence-corrected chi connectivity index (χ4v) is 2.78. The number of aliphatic carboxylic acids is 1. The molecule has 2 aromatic rings. The second-order valence-corrected chi connectivity index (χ2v) is 5.98. The summed E-state index contributed by atoms with van der Waals surface area (Å²) in [6, 6.07) is 4.52. The number of carboxylic acid groups (broad SMARTS) is 1. The van der Waals surface area contributed by atoms with E-state index >= 15 is 0 Å². The van der Waals surface area contributed by atoms with E-state index in [2.05, 4.69) is 14.7 Å². The second kappa shape index (κ2) is 5.94. The van der Waals surface area contributed by atoms with Crippen LogP contribution in [0, 0.1) is 0 Å². The van der Waals surface area contributed by atoms with E-state index in [1.807, 2.05) is 0 Å². The summed E-state index contributed by atoms with van der Waals surface area (Å²) in [4.78, 5) is 17.2. The van der Waals surface area contributed by atoms with Crippen LogP contribution < -0.4 is 4.72 Å². The van der Waals surface area contributed by atoms with Crippen LogP contribution >= 0.6 is 0 Å². The van der Waals surface area contributed by atoms with Gasteiger partial charge < -0.3 is 15.2 Å². The van der Waals surface area contributed by atoms with Gasteiger partial charge in [0.05, 0.1) is 12.5 Å². The number of hydrogen-bond donors (Lipinski definition) is 4. The fourth-order valence-electron chi connectivity index (χ4n) is 1.69. The number of aromatic hydroxyl groups is 1. The summed E-state index contributed by atoms with van der Waals surface area (Å²) in [6.45, 7) is 0. The Labute approximate surface area is 120 Å². The van der Waals surface area contributed by atoms with Crippen LogP contribution in [0.2, 0.25) is 0 Å². The highest BCUT2D eigenvalue weighted by Crippen LogP contribution is 2.12. The highest BCUT2D eigenvalue weighted by atomic mass is 32.2. The van der Waals surface area contributed by atoms with Crippen molar-refractivity contribution in [3.8, 4) is 5.75 Å². The molecule has 1 heterocycles. The molecule has 0 fully saturated rings. The third-order valence-corrected chi connectivity index (χ3v) is 4.13. The summed E-state index contributed by atoms with van der Waals surface area (Å²) in [6.07, 6.45) is 2.22. The fraction of sp³-hybridized carbons (Fsp3) is 0.167. The van der Waals surface area contributed by atoms with Gasteiger partial charge in [0.1, 0.15) is 11.8 Å². The summed E-state index contributed by atoms with van der Waals surface area (Å²) >= 11 is 0. The van der Waals surface area contributed by atoms with Crippen molar-refractivity contribution in [1.82, 2.24) is 14.7 Å². The molecule has 4 N–H and O–H groups in total. The van der Waals surface area contributed by atoms with E-state index in [9.17, 15) is 18.3 Å². The lowest BCUT2D eigenvalue weighted by Crippen LogP contribution is -2.42. The van der Waals surface area contributed by atoms with E-state index in [-0.39, 0.29) is 17.2 Å². The molecule has 1 unspecified atom stereocenters. The van der Waals surface area contributed by atoms with Crippen molar-refractivity contribution in [2.45, 2.75) is 17.5 Å². The summed E-state index contributed by atoms with van der Waals surface area (Å²) in [5, 5.41) is 18.1. The van der Waals surface area contributed by atoms with Crippen molar-refractivity contribution in [1.29, 1.82) is 0 Å². The quantitative estimate of drug-likeness (QED) is 0.597. The van der Waals surface area contributed by atoms with E-state index in [4.69, 9.17) is 5.11 Å². The maximum Gasteiger partial charge on any atom is 0.322 e. The van der Waals surface area contributed by atoms with Gasteiger partial charge in [-0.25, -0.2) is 13.4 Å². The Hall–Kier alpha value is -2.39. The van der Waals surface area contributed by atoms with Gasteiger partial charge in [-0.15, -0.1) is 0 Å². The van der Waals surface area contributed by atoms with Gasteiger partial charge in [-0.2, -0.15) is 4.72 Å². The molecule has 1 atom stereocenters. The van der Waals surface area contributed by atoms with Crippen LogP contribution in [0.4, 0.5) is 0 Å². The van der Waals surface area contributed by atoms with Crippen LogP contribution in [0.5, 0.6) is 5.75 Å². The largest absolute Gasteiger partial charge is 0.508 e. The molecule has 21 heavy (non-hydrogen) atoms. The van der Waals surface area contributed by atoms with E-state index in [1.165, 1.54) is 30.6 Å². The highest BCUT2D eigenvalue weighted by molar-refractivity contribution is 7.89. The zero-order valence-electron chi connectivity index (χ0n) is 10.7. The highest BCUT2D eigenvalue weighted by Gasteiger charge is 2.26. The molecule has 0 spiro atoms. The average molecular weight is 311 g/mol. The predicted molar refractivity (Wildman–Crippen MR) is 72.1 cm³/mol. The Balaban J connectivity index is 2.17. The molecule has 0 saturated carbocycles. The van der Waals surface area contributed by atoms with Crippen LogP contribution in [0.25, 0.3) is 0 Å². The van der Waals surface area contributed by atoms with Gasteiger partial charge in [0.25, 0.3) is 10.0 Å². The number of phenols is 1. The van der Waals surface area contributed by atoms with Crippen molar-refractivity contribution in [3.05, 3.63) is 42.4 Å². The molecule has 0 radical (unpaired) electrons. The van der Waals surface area contributed by atoms with E-state index in [1.54, 1.807) is 0 Å². The van der Waals surface area contributed by atoms with Crippen LogP contribution in [0.15, 0.2) is 41.8 Å². The predicted octanol–water partition coefficient (Wildman–Crippen LogP) is 0.0895.